The van der Waals surface area contributed by atoms with E-state index in [1.165, 1.54) is 0 Å². The number of hydrogen-bond acceptors (Lipinski definition) is 1. The molecule has 0 aromatic carbocycles. The maximum absolute atomic E-state index is 11.0. The minimum absolute atomic E-state index is 0. The Morgan fingerprint density at radius 3 is 2.36 bits per heavy atom. The van der Waals surface area contributed by atoms with Crippen LogP contribution in [-0.4, -0.2) is 12.5 Å². The number of hydrogen-bond donors (Lipinski definition) is 1. The van der Waals surface area contributed by atoms with Crippen LogP contribution in [0.1, 0.15) is 42.0 Å². The van der Waals surface area contributed by atoms with E-state index in [-0.39, 0.29) is 12.7 Å². The van der Waals surface area contributed by atoms with Crippen molar-refractivity contribution < 1.29 is 6.22 Å². The van der Waals surface area contributed by atoms with E-state index in [0.717, 1.165) is 13.0 Å². The van der Waals surface area contributed by atoms with Gasteiger partial charge in [-0.15, -0.1) is 0 Å². The van der Waals surface area contributed by atoms with Gasteiger partial charge < -0.3 is 5.32 Å². The Hall–Kier alpha value is -0.530. The Bertz CT molecular complexity index is 129. The number of amides is 1. The minimum Gasteiger partial charge on any atom is -0.356 e. The van der Waals surface area contributed by atoms with E-state index in [0.29, 0.717) is 6.42 Å². The molecule has 2 nitrogen and oxygen atoms in total. The topological polar surface area (TPSA) is 29.1 Å². The van der Waals surface area contributed by atoms with Gasteiger partial charge in [0.2, 0.25) is 5.91 Å². The highest BCUT2D eigenvalue weighted by Gasteiger charge is 2.10. The van der Waals surface area contributed by atoms with Gasteiger partial charge in [0, 0.05) is 14.4 Å². The Kier molecular flexibility index (Phi) is 4.16. The third-order valence-corrected chi connectivity index (χ3v) is 1.29. The lowest BCUT2D eigenvalue weighted by molar-refractivity contribution is -0.121. The summed E-state index contributed by atoms with van der Waals surface area (Å²) in [4.78, 5) is 11.0. The predicted molar refractivity (Wildman–Crippen MR) is 49.5 cm³/mol. The van der Waals surface area contributed by atoms with Crippen molar-refractivity contribution >= 4 is 5.91 Å². The lowest BCUT2D eigenvalue weighted by Gasteiger charge is -2.18. The highest BCUT2D eigenvalue weighted by atomic mass is 16.1. The number of rotatable bonds is 3. The van der Waals surface area contributed by atoms with Gasteiger partial charge in [-0.2, -0.15) is 0 Å². The van der Waals surface area contributed by atoms with E-state index in [2.05, 4.69) is 26.1 Å². The van der Waals surface area contributed by atoms with Crippen LogP contribution in [0, 0.1) is 5.41 Å². The second-order valence-corrected chi connectivity index (χ2v) is 4.09. The first-order valence-corrected chi connectivity index (χ1v) is 4.22. The molecule has 0 aliphatic rings. The van der Waals surface area contributed by atoms with E-state index >= 15 is 0 Å². The fourth-order valence-corrected chi connectivity index (χ4v) is 0.679. The lowest BCUT2D eigenvalue weighted by Crippen LogP contribution is -2.31. The molecule has 1 amide bonds. The molecular formula is C9H21NO. The molecule has 0 aromatic rings. The summed E-state index contributed by atoms with van der Waals surface area (Å²) in [5, 5.41) is 2.88. The van der Waals surface area contributed by atoms with Gasteiger partial charge in [0.25, 0.3) is 0 Å². The molecule has 1 N–H and O–H groups in total. The average Bonchev–Trinajstić information content (AvgIpc) is 1.83. The van der Waals surface area contributed by atoms with Gasteiger partial charge in [-0.25, -0.2) is 0 Å². The molecule has 0 atom stereocenters. The highest BCUT2D eigenvalue weighted by molar-refractivity contribution is 5.75. The molecular weight excluding hydrogens is 138 g/mol. The van der Waals surface area contributed by atoms with Crippen LogP contribution in [0.25, 0.3) is 0 Å². The minimum atomic E-state index is 0. The Balaban J connectivity index is 0. The van der Waals surface area contributed by atoms with Crippen molar-refractivity contribution in [2.75, 3.05) is 6.54 Å². The van der Waals surface area contributed by atoms with Crippen molar-refractivity contribution in [1.29, 1.82) is 0 Å². The van der Waals surface area contributed by atoms with Crippen molar-refractivity contribution in [2.24, 2.45) is 5.41 Å². The molecule has 0 spiro atoms. The van der Waals surface area contributed by atoms with Crippen molar-refractivity contribution in [3.63, 3.8) is 0 Å². The zero-order chi connectivity index (χ0) is 8.91. The fraction of sp³-hybridized carbons (Fsp3) is 0.889. The molecule has 0 unspecified atom stereocenters. The summed E-state index contributed by atoms with van der Waals surface area (Å²) < 4.78 is 0. The van der Waals surface area contributed by atoms with Crippen LogP contribution in [-0.2, 0) is 4.79 Å². The monoisotopic (exact) mass is 159 g/mol. The fourth-order valence-electron chi connectivity index (χ4n) is 0.679. The number of carbonyl (C=O) groups is 1. The third-order valence-electron chi connectivity index (χ3n) is 1.29. The van der Waals surface area contributed by atoms with Gasteiger partial charge >= 0.3 is 0 Å². The summed E-state index contributed by atoms with van der Waals surface area (Å²) in [6.07, 6.45) is 1.58. The molecule has 0 rings (SSSR count). The summed E-state index contributed by atoms with van der Waals surface area (Å²) in [6, 6.07) is 0. The molecule has 0 saturated carbocycles. The molecule has 0 heterocycles. The summed E-state index contributed by atoms with van der Waals surface area (Å²) in [6.45, 7) is 9.11. The SMILES string of the molecule is CCCC(=O)NCC(C)(C)C.[HH]. The van der Waals surface area contributed by atoms with Gasteiger partial charge in [0.05, 0.1) is 0 Å². The number of carbonyl (C=O) groups excluding carboxylic acids is 1. The van der Waals surface area contributed by atoms with Crippen LogP contribution in [0.2, 0.25) is 0 Å². The van der Waals surface area contributed by atoms with Crippen LogP contribution in [0.5, 0.6) is 0 Å². The van der Waals surface area contributed by atoms with Crippen LogP contribution >= 0.6 is 0 Å². The van der Waals surface area contributed by atoms with E-state index in [9.17, 15) is 4.79 Å². The van der Waals surface area contributed by atoms with E-state index in [1.807, 2.05) is 6.92 Å². The van der Waals surface area contributed by atoms with E-state index < -0.39 is 0 Å². The molecule has 0 bridgehead atoms. The molecule has 0 fully saturated rings. The summed E-state index contributed by atoms with van der Waals surface area (Å²) in [5.74, 6) is 0.169. The highest BCUT2D eigenvalue weighted by Crippen LogP contribution is 2.10. The first kappa shape index (κ1) is 10.5. The van der Waals surface area contributed by atoms with Gasteiger partial charge in [0.1, 0.15) is 0 Å². The molecule has 0 aliphatic carbocycles. The van der Waals surface area contributed by atoms with Crippen molar-refractivity contribution in [1.82, 2.24) is 5.32 Å². The quantitative estimate of drug-likeness (QED) is 0.672. The van der Waals surface area contributed by atoms with Gasteiger partial charge in [-0.1, -0.05) is 27.7 Å². The first-order valence-electron chi connectivity index (χ1n) is 4.22. The van der Waals surface area contributed by atoms with Crippen LogP contribution in [0.4, 0.5) is 0 Å². The maximum Gasteiger partial charge on any atom is 0.220 e. The largest absolute Gasteiger partial charge is 0.356 e. The van der Waals surface area contributed by atoms with Gasteiger partial charge in [-0.3, -0.25) is 4.79 Å². The summed E-state index contributed by atoms with van der Waals surface area (Å²) >= 11 is 0. The Morgan fingerprint density at radius 1 is 1.45 bits per heavy atom. The van der Waals surface area contributed by atoms with Crippen LogP contribution in [0.15, 0.2) is 0 Å². The molecule has 0 saturated heterocycles. The first-order chi connectivity index (χ1) is 4.95. The van der Waals surface area contributed by atoms with Crippen LogP contribution in [0.3, 0.4) is 0 Å². The van der Waals surface area contributed by atoms with E-state index in [1.54, 1.807) is 0 Å². The summed E-state index contributed by atoms with van der Waals surface area (Å²) in [7, 11) is 0. The van der Waals surface area contributed by atoms with E-state index in [4.69, 9.17) is 0 Å². The Morgan fingerprint density at radius 2 is 2.00 bits per heavy atom. The normalized spacial score (nSPS) is 11.3. The second-order valence-electron chi connectivity index (χ2n) is 4.09. The maximum atomic E-state index is 11.0. The molecule has 2 heteroatoms. The lowest BCUT2D eigenvalue weighted by atomic mass is 9.97. The zero-order valence-electron chi connectivity index (χ0n) is 8.03. The standard InChI is InChI=1S/C9H19NO.H2/c1-5-6-8(11)10-7-9(2,3)4;/h5-7H2,1-4H3,(H,10,11);1H. The molecule has 11 heavy (non-hydrogen) atoms. The van der Waals surface area contributed by atoms with Gasteiger partial charge in [0.15, 0.2) is 0 Å². The van der Waals surface area contributed by atoms with Crippen molar-refractivity contribution in [2.45, 2.75) is 40.5 Å². The molecule has 0 aromatic heterocycles. The zero-order valence-corrected chi connectivity index (χ0v) is 8.03. The number of nitrogens with one attached hydrogen (secondary N) is 1. The second kappa shape index (κ2) is 4.37. The van der Waals surface area contributed by atoms with Crippen molar-refractivity contribution in [3.8, 4) is 0 Å². The molecule has 68 valence electrons. The molecule has 0 aliphatic heterocycles. The molecule has 0 radical (unpaired) electrons. The third kappa shape index (κ3) is 7.37. The summed E-state index contributed by atoms with van der Waals surface area (Å²) in [5.41, 5.74) is 0.198. The Labute approximate surface area is 70.9 Å². The van der Waals surface area contributed by atoms with Crippen molar-refractivity contribution in [3.05, 3.63) is 0 Å². The smallest absolute Gasteiger partial charge is 0.220 e. The van der Waals surface area contributed by atoms with Gasteiger partial charge in [-0.05, 0) is 11.8 Å². The van der Waals surface area contributed by atoms with Crippen LogP contribution < -0.4 is 5.32 Å². The predicted octanol–water partition coefficient (Wildman–Crippen LogP) is 2.19. The average molecular weight is 159 g/mol.